The Bertz CT molecular complexity index is 1280. The van der Waals surface area contributed by atoms with E-state index in [9.17, 15) is 14.4 Å². The van der Waals surface area contributed by atoms with Gasteiger partial charge in [0.2, 0.25) is 0 Å². The largest absolute Gasteiger partial charge is 0.497 e. The highest BCUT2D eigenvalue weighted by atomic mass is 16.5. The second-order valence-electron chi connectivity index (χ2n) is 8.69. The normalized spacial score (nSPS) is 14.7. The molecule has 0 bridgehead atoms. The van der Waals surface area contributed by atoms with Crippen molar-refractivity contribution < 1.29 is 23.9 Å². The summed E-state index contributed by atoms with van der Waals surface area (Å²) < 4.78 is 10.3. The SMILES string of the molecule is COc1ccc(NC(=O)N2CCN(C(=O)c3ccc(OC)cc3)C2C(=O)NCc2cccc(CN)c2)cc1. The molecule has 0 radical (unpaired) electrons. The molecule has 38 heavy (non-hydrogen) atoms. The second-order valence-corrected chi connectivity index (χ2v) is 8.69. The van der Waals surface area contributed by atoms with Gasteiger partial charge in [-0.15, -0.1) is 0 Å². The van der Waals surface area contributed by atoms with Crippen molar-refractivity contribution in [3.8, 4) is 11.5 Å². The lowest BCUT2D eigenvalue weighted by Crippen LogP contribution is -2.54. The number of amides is 4. The molecule has 1 atom stereocenters. The minimum Gasteiger partial charge on any atom is -0.497 e. The Morgan fingerprint density at radius 2 is 1.47 bits per heavy atom. The molecular formula is C28H31N5O5. The molecule has 1 aliphatic heterocycles. The third kappa shape index (κ3) is 6.04. The van der Waals surface area contributed by atoms with Gasteiger partial charge in [-0.2, -0.15) is 0 Å². The Morgan fingerprint density at radius 3 is 2.11 bits per heavy atom. The summed E-state index contributed by atoms with van der Waals surface area (Å²) in [5.74, 6) is 0.430. The van der Waals surface area contributed by atoms with Gasteiger partial charge in [0, 0.05) is 37.4 Å². The highest BCUT2D eigenvalue weighted by molar-refractivity contribution is 6.00. The van der Waals surface area contributed by atoms with Crippen molar-refractivity contribution in [2.75, 3.05) is 32.6 Å². The Labute approximate surface area is 221 Å². The maximum absolute atomic E-state index is 13.5. The maximum Gasteiger partial charge on any atom is 0.323 e. The summed E-state index contributed by atoms with van der Waals surface area (Å²) in [6, 6.07) is 20.5. The standard InChI is InChI=1S/C28H31N5O5/c1-37-23-10-6-21(7-11-23)27(35)32-14-15-33(28(36)31-22-8-12-24(38-2)13-9-22)26(32)25(34)30-18-20-5-3-4-19(16-20)17-29/h3-13,16,26H,14-15,17-18,29H2,1-2H3,(H,30,34)(H,31,36). The van der Waals surface area contributed by atoms with E-state index in [1.807, 2.05) is 24.3 Å². The number of hydrogen-bond donors (Lipinski definition) is 3. The molecule has 3 aromatic rings. The fraction of sp³-hybridized carbons (Fsp3) is 0.250. The van der Waals surface area contributed by atoms with Gasteiger partial charge in [-0.1, -0.05) is 24.3 Å². The molecule has 1 fully saturated rings. The number of anilines is 1. The number of nitrogens with two attached hydrogens (primary N) is 1. The van der Waals surface area contributed by atoms with E-state index in [1.54, 1.807) is 62.8 Å². The summed E-state index contributed by atoms with van der Waals surface area (Å²) in [6.07, 6.45) is -1.14. The minimum absolute atomic E-state index is 0.185. The molecular weight excluding hydrogens is 486 g/mol. The van der Waals surface area contributed by atoms with Crippen LogP contribution in [0.1, 0.15) is 21.5 Å². The molecule has 3 aromatic carbocycles. The summed E-state index contributed by atoms with van der Waals surface area (Å²) >= 11 is 0. The van der Waals surface area contributed by atoms with Crippen LogP contribution in [0.5, 0.6) is 11.5 Å². The smallest absolute Gasteiger partial charge is 0.323 e. The number of ether oxygens (including phenoxy) is 2. The van der Waals surface area contributed by atoms with Crippen LogP contribution in [0.3, 0.4) is 0 Å². The third-order valence-electron chi connectivity index (χ3n) is 6.30. The van der Waals surface area contributed by atoms with Gasteiger partial charge in [0.15, 0.2) is 6.17 Å². The number of carbonyl (C=O) groups excluding carboxylic acids is 3. The molecule has 1 unspecified atom stereocenters. The molecule has 0 saturated carbocycles. The van der Waals surface area contributed by atoms with E-state index in [2.05, 4.69) is 10.6 Å². The first kappa shape index (κ1) is 26.5. The summed E-state index contributed by atoms with van der Waals surface area (Å²) in [5.41, 5.74) is 8.46. The van der Waals surface area contributed by atoms with E-state index in [-0.39, 0.29) is 25.5 Å². The zero-order valence-electron chi connectivity index (χ0n) is 21.3. The fourth-order valence-corrected chi connectivity index (χ4v) is 4.25. The van der Waals surface area contributed by atoms with E-state index < -0.39 is 18.1 Å². The number of nitrogens with zero attached hydrogens (tertiary/aromatic N) is 2. The average molecular weight is 518 g/mol. The van der Waals surface area contributed by atoms with E-state index in [0.29, 0.717) is 29.3 Å². The molecule has 10 heteroatoms. The number of nitrogens with one attached hydrogen (secondary N) is 2. The monoisotopic (exact) mass is 517 g/mol. The molecule has 1 heterocycles. The topological polar surface area (TPSA) is 126 Å². The molecule has 10 nitrogen and oxygen atoms in total. The first-order valence-corrected chi connectivity index (χ1v) is 12.2. The van der Waals surface area contributed by atoms with Crippen molar-refractivity contribution in [3.05, 3.63) is 89.5 Å². The van der Waals surface area contributed by atoms with Crippen molar-refractivity contribution >= 4 is 23.5 Å². The molecule has 0 aromatic heterocycles. The fourth-order valence-electron chi connectivity index (χ4n) is 4.25. The lowest BCUT2D eigenvalue weighted by Gasteiger charge is -2.29. The van der Waals surface area contributed by atoms with Gasteiger partial charge in [0.25, 0.3) is 11.8 Å². The van der Waals surface area contributed by atoms with Gasteiger partial charge in [-0.25, -0.2) is 4.79 Å². The molecule has 4 amide bonds. The summed E-state index contributed by atoms with van der Waals surface area (Å²) in [7, 11) is 3.10. The van der Waals surface area contributed by atoms with Crippen molar-refractivity contribution in [2.45, 2.75) is 19.3 Å². The van der Waals surface area contributed by atoms with Gasteiger partial charge in [-0.3, -0.25) is 14.5 Å². The predicted octanol–water partition coefficient (Wildman–Crippen LogP) is 2.79. The molecule has 0 aliphatic carbocycles. The molecule has 4 rings (SSSR count). The molecule has 0 spiro atoms. The quantitative estimate of drug-likeness (QED) is 0.422. The van der Waals surface area contributed by atoms with E-state index in [0.717, 1.165) is 11.1 Å². The number of hydrogen-bond acceptors (Lipinski definition) is 6. The maximum atomic E-state index is 13.5. The van der Waals surface area contributed by atoms with Crippen LogP contribution in [0.4, 0.5) is 10.5 Å². The highest BCUT2D eigenvalue weighted by Crippen LogP contribution is 2.22. The van der Waals surface area contributed by atoms with Gasteiger partial charge in [-0.05, 0) is 59.7 Å². The Morgan fingerprint density at radius 1 is 0.868 bits per heavy atom. The lowest BCUT2D eigenvalue weighted by molar-refractivity contribution is -0.128. The molecule has 198 valence electrons. The summed E-state index contributed by atoms with van der Waals surface area (Å²) in [4.78, 5) is 42.9. The zero-order chi connectivity index (χ0) is 27.1. The predicted molar refractivity (Wildman–Crippen MR) is 143 cm³/mol. The number of urea groups is 1. The number of benzene rings is 3. The molecule has 1 saturated heterocycles. The van der Waals surface area contributed by atoms with Crippen LogP contribution >= 0.6 is 0 Å². The van der Waals surface area contributed by atoms with Crippen LogP contribution in [-0.2, 0) is 17.9 Å². The van der Waals surface area contributed by atoms with Crippen molar-refractivity contribution in [1.29, 1.82) is 0 Å². The number of rotatable bonds is 8. The second kappa shape index (κ2) is 12.1. The minimum atomic E-state index is -1.14. The summed E-state index contributed by atoms with van der Waals surface area (Å²) in [5, 5.41) is 5.68. The van der Waals surface area contributed by atoms with Crippen LogP contribution in [0, 0.1) is 0 Å². The number of methoxy groups -OCH3 is 2. The van der Waals surface area contributed by atoms with Crippen LogP contribution in [0.15, 0.2) is 72.8 Å². The first-order chi connectivity index (χ1) is 18.4. The lowest BCUT2D eigenvalue weighted by atomic mass is 10.1. The Kier molecular flexibility index (Phi) is 8.44. The van der Waals surface area contributed by atoms with Crippen molar-refractivity contribution in [2.24, 2.45) is 5.73 Å². The average Bonchev–Trinajstić information content (AvgIpc) is 3.41. The van der Waals surface area contributed by atoms with Gasteiger partial charge >= 0.3 is 6.03 Å². The zero-order valence-corrected chi connectivity index (χ0v) is 21.3. The first-order valence-electron chi connectivity index (χ1n) is 12.2. The molecule has 1 aliphatic rings. The highest BCUT2D eigenvalue weighted by Gasteiger charge is 2.43. The Balaban J connectivity index is 1.55. The van der Waals surface area contributed by atoms with Crippen LogP contribution in [-0.4, -0.2) is 61.1 Å². The van der Waals surface area contributed by atoms with Crippen LogP contribution < -0.4 is 25.8 Å². The van der Waals surface area contributed by atoms with Crippen molar-refractivity contribution in [3.63, 3.8) is 0 Å². The Hall–Kier alpha value is -4.57. The third-order valence-corrected chi connectivity index (χ3v) is 6.30. The van der Waals surface area contributed by atoms with Gasteiger partial charge in [0.1, 0.15) is 11.5 Å². The number of carbonyl (C=O) groups is 3. The van der Waals surface area contributed by atoms with Crippen molar-refractivity contribution in [1.82, 2.24) is 15.1 Å². The van der Waals surface area contributed by atoms with E-state index in [1.165, 1.54) is 9.80 Å². The van der Waals surface area contributed by atoms with Gasteiger partial charge < -0.3 is 30.7 Å². The van der Waals surface area contributed by atoms with Crippen LogP contribution in [0.25, 0.3) is 0 Å². The molecule has 4 N–H and O–H groups in total. The summed E-state index contributed by atoms with van der Waals surface area (Å²) in [6.45, 7) is 0.988. The van der Waals surface area contributed by atoms with Gasteiger partial charge in [0.05, 0.1) is 14.2 Å². The van der Waals surface area contributed by atoms with Crippen LogP contribution in [0.2, 0.25) is 0 Å². The van der Waals surface area contributed by atoms with E-state index >= 15 is 0 Å². The van der Waals surface area contributed by atoms with E-state index in [4.69, 9.17) is 15.2 Å².